The SMILES string of the molecule is CN(C)C=Nc1nc2c(nc(Br)n2[C@H]2C[C@@H](O)[C@@H](CO)O2)c(=O)[nH]1. The summed E-state index contributed by atoms with van der Waals surface area (Å²) < 4.78 is 7.54. The minimum absolute atomic E-state index is 0.132. The molecule has 0 saturated carbocycles. The van der Waals surface area contributed by atoms with Crippen molar-refractivity contribution in [1.29, 1.82) is 0 Å². The van der Waals surface area contributed by atoms with Crippen LogP contribution in [0.1, 0.15) is 12.6 Å². The number of halogens is 1. The average Bonchev–Trinajstić information content (AvgIpc) is 3.04. The Labute approximate surface area is 144 Å². The van der Waals surface area contributed by atoms with Crippen molar-refractivity contribution in [3.8, 4) is 0 Å². The van der Waals surface area contributed by atoms with E-state index in [4.69, 9.17) is 4.74 Å². The lowest BCUT2D eigenvalue weighted by Crippen LogP contribution is -2.24. The summed E-state index contributed by atoms with van der Waals surface area (Å²) >= 11 is 3.29. The van der Waals surface area contributed by atoms with Crippen LogP contribution in [0, 0.1) is 0 Å². The first-order valence-corrected chi connectivity index (χ1v) is 8.02. The number of H-pyrrole nitrogens is 1. The van der Waals surface area contributed by atoms with Crippen LogP contribution in [0.15, 0.2) is 14.5 Å². The lowest BCUT2D eigenvalue weighted by atomic mass is 10.2. The zero-order valence-electron chi connectivity index (χ0n) is 13.0. The van der Waals surface area contributed by atoms with Gasteiger partial charge >= 0.3 is 0 Å². The van der Waals surface area contributed by atoms with Gasteiger partial charge in [-0.05, 0) is 15.9 Å². The number of rotatable bonds is 4. The van der Waals surface area contributed by atoms with E-state index in [0.29, 0.717) is 4.73 Å². The van der Waals surface area contributed by atoms with Crippen molar-refractivity contribution in [2.24, 2.45) is 4.99 Å². The normalized spacial score (nSPS) is 24.3. The van der Waals surface area contributed by atoms with Gasteiger partial charge in [-0.2, -0.15) is 4.98 Å². The smallest absolute Gasteiger partial charge is 0.280 e. The molecular weight excluding hydrogens is 384 g/mol. The van der Waals surface area contributed by atoms with Gasteiger partial charge in [0.15, 0.2) is 15.9 Å². The Kier molecular flexibility index (Phi) is 4.67. The van der Waals surface area contributed by atoms with E-state index in [-0.39, 0.29) is 30.1 Å². The second-order valence-corrected chi connectivity index (χ2v) is 6.34. The van der Waals surface area contributed by atoms with Crippen molar-refractivity contribution in [2.75, 3.05) is 20.7 Å². The Hall–Kier alpha value is -1.82. The molecule has 3 atom stereocenters. The lowest BCUT2D eigenvalue weighted by Gasteiger charge is -2.14. The van der Waals surface area contributed by atoms with Crippen molar-refractivity contribution in [3.63, 3.8) is 0 Å². The highest BCUT2D eigenvalue weighted by atomic mass is 79.9. The molecule has 24 heavy (non-hydrogen) atoms. The number of ether oxygens (including phenoxy) is 1. The summed E-state index contributed by atoms with van der Waals surface area (Å²) in [6.07, 6.45) is -0.334. The van der Waals surface area contributed by atoms with Gasteiger partial charge in [-0.25, -0.2) is 9.98 Å². The van der Waals surface area contributed by atoms with E-state index in [2.05, 4.69) is 35.9 Å². The third-order valence-corrected chi connectivity index (χ3v) is 4.14. The summed E-state index contributed by atoms with van der Waals surface area (Å²) in [5.41, 5.74) is -0.00820. The summed E-state index contributed by atoms with van der Waals surface area (Å²) in [6.45, 7) is -0.297. The molecule has 0 bridgehead atoms. The Balaban J connectivity index is 2.08. The summed E-state index contributed by atoms with van der Waals surface area (Å²) in [5, 5.41) is 19.2. The molecule has 3 rings (SSSR count). The number of aliphatic imine (C=N–C) groups is 1. The molecule has 0 aliphatic carbocycles. The largest absolute Gasteiger partial charge is 0.394 e. The van der Waals surface area contributed by atoms with Crippen LogP contribution in [0.25, 0.3) is 11.2 Å². The Bertz CT molecular complexity index is 832. The van der Waals surface area contributed by atoms with Crippen molar-refractivity contribution in [2.45, 2.75) is 24.9 Å². The Morgan fingerprint density at radius 2 is 2.29 bits per heavy atom. The zero-order valence-corrected chi connectivity index (χ0v) is 14.6. The number of hydrogen-bond acceptors (Lipinski definition) is 7. The molecule has 0 unspecified atom stereocenters. The van der Waals surface area contributed by atoms with Gasteiger partial charge in [-0.3, -0.25) is 14.3 Å². The number of aliphatic hydroxyl groups is 2. The molecule has 11 heteroatoms. The third kappa shape index (κ3) is 3.07. The van der Waals surface area contributed by atoms with E-state index in [1.807, 2.05) is 0 Å². The van der Waals surface area contributed by atoms with E-state index >= 15 is 0 Å². The van der Waals surface area contributed by atoms with Gasteiger partial charge in [0.2, 0.25) is 5.95 Å². The van der Waals surface area contributed by atoms with Gasteiger partial charge in [0.25, 0.3) is 5.56 Å². The van der Waals surface area contributed by atoms with Crippen molar-refractivity contribution < 1.29 is 14.9 Å². The van der Waals surface area contributed by atoms with Crippen LogP contribution >= 0.6 is 15.9 Å². The predicted octanol–water partition coefficient (Wildman–Crippen LogP) is -0.256. The molecule has 2 aromatic rings. The van der Waals surface area contributed by atoms with E-state index in [0.717, 1.165) is 0 Å². The molecule has 2 aromatic heterocycles. The molecule has 1 aliphatic heterocycles. The molecule has 3 heterocycles. The van der Waals surface area contributed by atoms with Crippen LogP contribution in [0.5, 0.6) is 0 Å². The first-order valence-electron chi connectivity index (χ1n) is 7.23. The van der Waals surface area contributed by atoms with Crippen molar-refractivity contribution in [1.82, 2.24) is 24.4 Å². The minimum atomic E-state index is -0.808. The molecule has 130 valence electrons. The summed E-state index contributed by atoms with van der Waals surface area (Å²) in [5.74, 6) is 0.132. The standard InChI is InChI=1S/C13H17BrN6O4/c1-19(2)5-15-13-17-10-9(11(23)18-13)16-12(14)20(10)8-3-6(22)7(4-21)24-8/h5-8,21-22H,3-4H2,1-2H3,(H,17,18,23)/t6-,7-,8-/m1/s1. The summed E-state index contributed by atoms with van der Waals surface area (Å²) in [4.78, 5) is 29.0. The van der Waals surface area contributed by atoms with Gasteiger partial charge in [0.05, 0.1) is 19.0 Å². The number of aliphatic hydroxyl groups excluding tert-OH is 2. The number of nitrogens with one attached hydrogen (secondary N) is 1. The van der Waals surface area contributed by atoms with Gasteiger partial charge in [-0.1, -0.05) is 0 Å². The number of hydrogen-bond donors (Lipinski definition) is 3. The predicted molar refractivity (Wildman–Crippen MR) is 89.3 cm³/mol. The fourth-order valence-electron chi connectivity index (χ4n) is 2.47. The van der Waals surface area contributed by atoms with Crippen LogP contribution in [0.3, 0.4) is 0 Å². The number of fused-ring (bicyclic) bond motifs is 1. The molecular formula is C13H17BrN6O4. The van der Waals surface area contributed by atoms with Crippen LogP contribution in [-0.4, -0.2) is 73.9 Å². The van der Waals surface area contributed by atoms with Crippen LogP contribution in [0.2, 0.25) is 0 Å². The number of aromatic amines is 1. The van der Waals surface area contributed by atoms with Crippen LogP contribution in [0.4, 0.5) is 5.95 Å². The Morgan fingerprint density at radius 1 is 1.54 bits per heavy atom. The maximum absolute atomic E-state index is 12.2. The first-order chi connectivity index (χ1) is 11.4. The van der Waals surface area contributed by atoms with Gasteiger partial charge in [0, 0.05) is 20.5 Å². The maximum Gasteiger partial charge on any atom is 0.280 e. The number of imidazole rings is 1. The lowest BCUT2D eigenvalue weighted by molar-refractivity contribution is -0.0439. The summed E-state index contributed by atoms with van der Waals surface area (Å²) in [6, 6.07) is 0. The summed E-state index contributed by atoms with van der Waals surface area (Å²) in [7, 11) is 3.59. The average molecular weight is 401 g/mol. The second-order valence-electron chi connectivity index (χ2n) is 5.64. The van der Waals surface area contributed by atoms with Crippen molar-refractivity contribution >= 4 is 39.4 Å². The van der Waals surface area contributed by atoms with Gasteiger partial charge < -0.3 is 19.8 Å². The molecule has 10 nitrogen and oxygen atoms in total. The van der Waals surface area contributed by atoms with Crippen LogP contribution < -0.4 is 5.56 Å². The first kappa shape index (κ1) is 17.0. The third-order valence-electron chi connectivity index (χ3n) is 3.58. The van der Waals surface area contributed by atoms with Crippen LogP contribution in [-0.2, 0) is 4.74 Å². The molecule has 1 fully saturated rings. The Morgan fingerprint density at radius 3 is 2.92 bits per heavy atom. The molecule has 1 aliphatic rings. The van der Waals surface area contributed by atoms with Gasteiger partial charge in [-0.15, -0.1) is 0 Å². The van der Waals surface area contributed by atoms with E-state index in [1.165, 1.54) is 6.34 Å². The molecule has 0 amide bonds. The molecule has 0 aromatic carbocycles. The van der Waals surface area contributed by atoms with E-state index in [1.54, 1.807) is 23.6 Å². The fourth-order valence-corrected chi connectivity index (χ4v) is 3.04. The highest BCUT2D eigenvalue weighted by molar-refractivity contribution is 9.10. The topological polar surface area (TPSA) is 129 Å². The van der Waals surface area contributed by atoms with E-state index in [9.17, 15) is 15.0 Å². The second kappa shape index (κ2) is 6.59. The van der Waals surface area contributed by atoms with Gasteiger partial charge in [0.1, 0.15) is 12.3 Å². The molecule has 0 radical (unpaired) electrons. The number of nitrogens with zero attached hydrogens (tertiary/aromatic N) is 5. The minimum Gasteiger partial charge on any atom is -0.394 e. The quantitative estimate of drug-likeness (QED) is 0.366. The zero-order chi connectivity index (χ0) is 17.4. The number of aromatic nitrogens is 4. The van der Waals surface area contributed by atoms with E-state index < -0.39 is 24.0 Å². The molecule has 3 N–H and O–H groups in total. The highest BCUT2D eigenvalue weighted by Crippen LogP contribution is 2.33. The van der Waals surface area contributed by atoms with Crippen molar-refractivity contribution in [3.05, 3.63) is 15.1 Å². The maximum atomic E-state index is 12.2. The monoisotopic (exact) mass is 400 g/mol. The fraction of sp³-hybridized carbons (Fsp3) is 0.538. The molecule has 0 spiro atoms. The molecule has 1 saturated heterocycles. The highest BCUT2D eigenvalue weighted by Gasteiger charge is 2.36.